The molecule has 22 heavy (non-hydrogen) atoms. The summed E-state index contributed by atoms with van der Waals surface area (Å²) in [5.41, 5.74) is 7.15. The van der Waals surface area contributed by atoms with Crippen molar-refractivity contribution in [1.29, 1.82) is 0 Å². The van der Waals surface area contributed by atoms with Crippen LogP contribution in [0, 0.1) is 0 Å². The average Bonchev–Trinajstić information content (AvgIpc) is 2.85. The standard InChI is InChI=1S/C16H24N2O3Si/c1-16(2,3)22(4,5)20-10-12-7-13-15(21-12)6-11(9-18-13)14(19)8-17/h6-7,9H,8,10,17H2,1-5H3. The van der Waals surface area contributed by atoms with E-state index in [0.717, 1.165) is 11.3 Å². The first kappa shape index (κ1) is 16.9. The molecule has 0 bridgehead atoms. The van der Waals surface area contributed by atoms with Crippen molar-refractivity contribution in [3.05, 3.63) is 29.7 Å². The van der Waals surface area contributed by atoms with Gasteiger partial charge in [0.1, 0.15) is 11.3 Å². The van der Waals surface area contributed by atoms with Crippen LogP contribution < -0.4 is 5.73 Å². The van der Waals surface area contributed by atoms with Gasteiger partial charge in [0.15, 0.2) is 19.7 Å². The molecule has 0 radical (unpaired) electrons. The van der Waals surface area contributed by atoms with Crippen molar-refractivity contribution in [3.8, 4) is 0 Å². The SMILES string of the molecule is CC(C)(C)[Si](C)(C)OCc1cc2ncc(C(=O)CN)cc2o1. The van der Waals surface area contributed by atoms with E-state index in [1.807, 2.05) is 6.07 Å². The molecule has 0 saturated carbocycles. The highest BCUT2D eigenvalue weighted by Crippen LogP contribution is 2.37. The molecule has 6 heteroatoms. The predicted molar refractivity (Wildman–Crippen MR) is 89.4 cm³/mol. The third-order valence-corrected chi connectivity index (χ3v) is 8.79. The van der Waals surface area contributed by atoms with Crippen LogP contribution in [0.1, 0.15) is 36.9 Å². The molecule has 0 aliphatic carbocycles. The minimum atomic E-state index is -1.82. The zero-order valence-corrected chi connectivity index (χ0v) is 14.9. The van der Waals surface area contributed by atoms with Crippen molar-refractivity contribution in [2.75, 3.05) is 6.54 Å². The lowest BCUT2D eigenvalue weighted by Crippen LogP contribution is -2.40. The van der Waals surface area contributed by atoms with Crippen molar-refractivity contribution >= 4 is 25.2 Å². The number of ketones is 1. The van der Waals surface area contributed by atoms with Crippen LogP contribution >= 0.6 is 0 Å². The molecule has 0 aliphatic heterocycles. The Labute approximate surface area is 132 Å². The van der Waals surface area contributed by atoms with Gasteiger partial charge < -0.3 is 14.6 Å². The van der Waals surface area contributed by atoms with Crippen molar-refractivity contribution in [3.63, 3.8) is 0 Å². The molecule has 2 aromatic heterocycles. The van der Waals surface area contributed by atoms with Crippen molar-refractivity contribution in [1.82, 2.24) is 4.98 Å². The summed E-state index contributed by atoms with van der Waals surface area (Å²) >= 11 is 0. The van der Waals surface area contributed by atoms with E-state index < -0.39 is 8.32 Å². The highest BCUT2D eigenvalue weighted by atomic mass is 28.4. The van der Waals surface area contributed by atoms with Gasteiger partial charge >= 0.3 is 0 Å². The highest BCUT2D eigenvalue weighted by molar-refractivity contribution is 6.74. The summed E-state index contributed by atoms with van der Waals surface area (Å²) in [4.78, 5) is 15.9. The van der Waals surface area contributed by atoms with Gasteiger partial charge in [0.2, 0.25) is 0 Å². The monoisotopic (exact) mass is 320 g/mol. The van der Waals surface area contributed by atoms with E-state index in [0.29, 0.717) is 17.8 Å². The van der Waals surface area contributed by atoms with E-state index >= 15 is 0 Å². The van der Waals surface area contributed by atoms with Gasteiger partial charge in [-0.1, -0.05) is 20.8 Å². The number of nitrogens with two attached hydrogens (primary N) is 1. The molecule has 2 heterocycles. The predicted octanol–water partition coefficient (Wildman–Crippen LogP) is 3.49. The maximum absolute atomic E-state index is 11.6. The van der Waals surface area contributed by atoms with Gasteiger partial charge in [0.25, 0.3) is 0 Å². The number of nitrogens with zero attached hydrogens (tertiary/aromatic N) is 1. The van der Waals surface area contributed by atoms with E-state index in [1.165, 1.54) is 6.20 Å². The third kappa shape index (κ3) is 3.45. The molecule has 0 aromatic carbocycles. The Morgan fingerprint density at radius 3 is 2.64 bits per heavy atom. The summed E-state index contributed by atoms with van der Waals surface area (Å²) in [6.45, 7) is 11.4. The Balaban J connectivity index is 2.18. The first-order valence-electron chi connectivity index (χ1n) is 7.40. The summed E-state index contributed by atoms with van der Waals surface area (Å²) in [6.07, 6.45) is 1.53. The van der Waals surface area contributed by atoms with Crippen molar-refractivity contribution in [2.24, 2.45) is 5.73 Å². The van der Waals surface area contributed by atoms with Gasteiger partial charge in [-0.05, 0) is 24.2 Å². The Kier molecular flexibility index (Phi) is 4.56. The second-order valence-electron chi connectivity index (χ2n) is 7.00. The van der Waals surface area contributed by atoms with Gasteiger partial charge in [-0.25, -0.2) is 0 Å². The zero-order valence-electron chi connectivity index (χ0n) is 13.9. The number of Topliss-reactive ketones (excluding diaryl/α,β-unsaturated/α-hetero) is 1. The van der Waals surface area contributed by atoms with Crippen LogP contribution in [0.25, 0.3) is 11.1 Å². The van der Waals surface area contributed by atoms with Gasteiger partial charge in [-0.3, -0.25) is 9.78 Å². The number of hydrogen-bond acceptors (Lipinski definition) is 5. The molecular formula is C16H24N2O3Si. The number of fused-ring (bicyclic) bond motifs is 1. The van der Waals surface area contributed by atoms with Crippen LogP contribution in [-0.4, -0.2) is 25.6 Å². The first-order valence-corrected chi connectivity index (χ1v) is 10.3. The summed E-state index contributed by atoms with van der Waals surface area (Å²) < 4.78 is 11.9. The summed E-state index contributed by atoms with van der Waals surface area (Å²) in [5, 5.41) is 0.151. The maximum atomic E-state index is 11.6. The lowest BCUT2D eigenvalue weighted by Gasteiger charge is -2.35. The minimum Gasteiger partial charge on any atom is -0.457 e. The van der Waals surface area contributed by atoms with Crippen LogP contribution in [0.15, 0.2) is 22.7 Å². The second kappa shape index (κ2) is 5.95. The van der Waals surface area contributed by atoms with Crippen LogP contribution in [0.4, 0.5) is 0 Å². The molecular weight excluding hydrogens is 296 g/mol. The molecule has 0 spiro atoms. The second-order valence-corrected chi connectivity index (χ2v) is 11.8. The van der Waals surface area contributed by atoms with E-state index in [4.69, 9.17) is 14.6 Å². The van der Waals surface area contributed by atoms with E-state index in [-0.39, 0.29) is 17.4 Å². The molecule has 0 aliphatic rings. The maximum Gasteiger partial charge on any atom is 0.192 e. The quantitative estimate of drug-likeness (QED) is 0.674. The normalized spacial score (nSPS) is 12.8. The molecule has 2 aromatic rings. The van der Waals surface area contributed by atoms with Crippen molar-refractivity contribution < 1.29 is 13.6 Å². The fourth-order valence-electron chi connectivity index (χ4n) is 1.78. The molecule has 120 valence electrons. The van der Waals surface area contributed by atoms with Crippen LogP contribution in [-0.2, 0) is 11.0 Å². The van der Waals surface area contributed by atoms with Gasteiger partial charge in [-0.15, -0.1) is 0 Å². The number of carbonyl (C=O) groups is 1. The number of pyridine rings is 1. The summed E-state index contributed by atoms with van der Waals surface area (Å²) in [7, 11) is -1.82. The van der Waals surface area contributed by atoms with E-state index in [9.17, 15) is 4.79 Å². The van der Waals surface area contributed by atoms with E-state index in [1.54, 1.807) is 6.07 Å². The first-order chi connectivity index (χ1) is 10.1. The Morgan fingerprint density at radius 1 is 1.36 bits per heavy atom. The van der Waals surface area contributed by atoms with Gasteiger partial charge in [-0.2, -0.15) is 0 Å². The zero-order chi connectivity index (χ0) is 16.5. The van der Waals surface area contributed by atoms with E-state index in [2.05, 4.69) is 38.8 Å². The fourth-order valence-corrected chi connectivity index (χ4v) is 2.71. The lowest BCUT2D eigenvalue weighted by atomic mass is 10.2. The number of carbonyl (C=O) groups excluding carboxylic acids is 1. The molecule has 0 fully saturated rings. The molecule has 0 saturated heterocycles. The molecule has 0 unspecified atom stereocenters. The Hall–Kier alpha value is -1.50. The molecule has 5 nitrogen and oxygen atoms in total. The average molecular weight is 320 g/mol. The molecule has 0 amide bonds. The minimum absolute atomic E-state index is 0.0325. The molecule has 2 rings (SSSR count). The Morgan fingerprint density at radius 2 is 2.05 bits per heavy atom. The van der Waals surface area contributed by atoms with Crippen LogP contribution in [0.3, 0.4) is 0 Å². The number of hydrogen-bond donors (Lipinski definition) is 1. The van der Waals surface area contributed by atoms with Gasteiger partial charge in [0, 0.05) is 17.8 Å². The molecule has 0 atom stereocenters. The number of rotatable bonds is 5. The third-order valence-electron chi connectivity index (χ3n) is 4.31. The number of furan rings is 1. The summed E-state index contributed by atoms with van der Waals surface area (Å²) in [5.74, 6) is 0.578. The Bertz CT molecular complexity index is 686. The molecule has 2 N–H and O–H groups in total. The van der Waals surface area contributed by atoms with Crippen molar-refractivity contribution in [2.45, 2.75) is 45.5 Å². The highest BCUT2D eigenvalue weighted by Gasteiger charge is 2.37. The van der Waals surface area contributed by atoms with Crippen LogP contribution in [0.2, 0.25) is 18.1 Å². The lowest BCUT2D eigenvalue weighted by molar-refractivity contribution is 0.100. The fraction of sp³-hybridized carbons (Fsp3) is 0.500. The summed E-state index contributed by atoms with van der Waals surface area (Å²) in [6, 6.07) is 3.55. The largest absolute Gasteiger partial charge is 0.457 e. The topological polar surface area (TPSA) is 78.3 Å². The number of aromatic nitrogens is 1. The smallest absolute Gasteiger partial charge is 0.192 e. The van der Waals surface area contributed by atoms with Gasteiger partial charge in [0.05, 0.1) is 13.2 Å². The van der Waals surface area contributed by atoms with Crippen LogP contribution in [0.5, 0.6) is 0 Å².